The third kappa shape index (κ3) is 3.84. The van der Waals surface area contributed by atoms with Crippen LogP contribution >= 0.6 is 0 Å². The zero-order chi connectivity index (χ0) is 12.8. The molecular weight excluding hydrogens is 222 g/mol. The molecule has 0 aromatic carbocycles. The van der Waals surface area contributed by atoms with Crippen molar-refractivity contribution in [1.29, 1.82) is 0 Å². The molecule has 3 heteroatoms. The maximum atomic E-state index is 6.25. The lowest BCUT2D eigenvalue weighted by molar-refractivity contribution is 0.440. The number of imidazole rings is 1. The van der Waals surface area contributed by atoms with E-state index in [4.69, 9.17) is 5.73 Å². The second-order valence-corrected chi connectivity index (χ2v) is 5.73. The molecule has 18 heavy (non-hydrogen) atoms. The highest BCUT2D eigenvalue weighted by atomic mass is 15.1. The summed E-state index contributed by atoms with van der Waals surface area (Å²) in [7, 11) is 0. The average molecular weight is 249 g/mol. The lowest BCUT2D eigenvalue weighted by Crippen LogP contribution is -2.25. The highest BCUT2D eigenvalue weighted by Gasteiger charge is 2.16. The van der Waals surface area contributed by atoms with Crippen LogP contribution < -0.4 is 5.73 Å². The topological polar surface area (TPSA) is 43.8 Å². The summed E-state index contributed by atoms with van der Waals surface area (Å²) in [6.45, 7) is 3.26. The maximum Gasteiger partial charge on any atom is 0.110 e. The van der Waals surface area contributed by atoms with Crippen LogP contribution in [-0.4, -0.2) is 15.6 Å². The third-order valence-electron chi connectivity index (χ3n) is 4.13. The van der Waals surface area contributed by atoms with E-state index in [-0.39, 0.29) is 6.04 Å². The average Bonchev–Trinajstić information content (AvgIpc) is 2.99. The van der Waals surface area contributed by atoms with Gasteiger partial charge in [0.2, 0.25) is 0 Å². The van der Waals surface area contributed by atoms with Gasteiger partial charge in [-0.05, 0) is 25.2 Å². The number of nitrogens with zero attached hydrogens (tertiary/aromatic N) is 2. The molecule has 1 fully saturated rings. The van der Waals surface area contributed by atoms with E-state index in [1.807, 2.05) is 6.20 Å². The summed E-state index contributed by atoms with van der Waals surface area (Å²) >= 11 is 0. The Bertz CT molecular complexity index is 339. The van der Waals surface area contributed by atoms with Gasteiger partial charge in [0.15, 0.2) is 0 Å². The molecule has 102 valence electrons. The first-order valence-corrected chi connectivity index (χ1v) is 7.55. The molecular formula is C15H27N3. The van der Waals surface area contributed by atoms with Crippen LogP contribution in [0.2, 0.25) is 0 Å². The summed E-state index contributed by atoms with van der Waals surface area (Å²) in [4.78, 5) is 4.44. The number of hydrogen-bond acceptors (Lipinski definition) is 2. The molecule has 1 aromatic rings. The molecule has 0 saturated heterocycles. The molecule has 1 aliphatic rings. The van der Waals surface area contributed by atoms with Gasteiger partial charge >= 0.3 is 0 Å². The molecule has 0 aliphatic heterocycles. The molecule has 1 aromatic heterocycles. The van der Waals surface area contributed by atoms with E-state index in [0.717, 1.165) is 37.5 Å². The van der Waals surface area contributed by atoms with Crippen LogP contribution in [0.4, 0.5) is 0 Å². The standard InChI is InChI=1S/C15H27N3/c1-2-10-18-11-9-17-15(18)12-14(16)8-7-13-5-3-4-6-13/h9,11,13-14H,2-8,10,12,16H2,1H3. The van der Waals surface area contributed by atoms with Gasteiger partial charge in [0.05, 0.1) is 0 Å². The Morgan fingerprint density at radius 1 is 1.44 bits per heavy atom. The predicted molar refractivity (Wildman–Crippen MR) is 75.4 cm³/mol. The van der Waals surface area contributed by atoms with Crippen molar-refractivity contribution in [3.8, 4) is 0 Å². The van der Waals surface area contributed by atoms with Gasteiger partial charge in [-0.1, -0.05) is 32.6 Å². The molecule has 3 nitrogen and oxygen atoms in total. The largest absolute Gasteiger partial charge is 0.335 e. The normalized spacial score (nSPS) is 18.3. The summed E-state index contributed by atoms with van der Waals surface area (Å²) in [5.41, 5.74) is 6.25. The van der Waals surface area contributed by atoms with Crippen molar-refractivity contribution < 1.29 is 0 Å². The summed E-state index contributed by atoms with van der Waals surface area (Å²) in [5.74, 6) is 2.11. The van der Waals surface area contributed by atoms with Crippen LogP contribution in [0.3, 0.4) is 0 Å². The molecule has 0 spiro atoms. The van der Waals surface area contributed by atoms with Crippen molar-refractivity contribution in [2.75, 3.05) is 0 Å². The van der Waals surface area contributed by atoms with Crippen LogP contribution in [-0.2, 0) is 13.0 Å². The minimum atomic E-state index is 0.281. The van der Waals surface area contributed by atoms with Crippen molar-refractivity contribution in [2.45, 2.75) is 70.9 Å². The van der Waals surface area contributed by atoms with Crippen LogP contribution in [0.1, 0.15) is 57.7 Å². The monoisotopic (exact) mass is 249 g/mol. The van der Waals surface area contributed by atoms with Gasteiger partial charge in [-0.3, -0.25) is 0 Å². The zero-order valence-corrected chi connectivity index (χ0v) is 11.6. The maximum absolute atomic E-state index is 6.25. The number of hydrogen-bond donors (Lipinski definition) is 1. The van der Waals surface area contributed by atoms with E-state index in [1.54, 1.807) is 0 Å². The van der Waals surface area contributed by atoms with Crippen molar-refractivity contribution in [2.24, 2.45) is 11.7 Å². The lowest BCUT2D eigenvalue weighted by atomic mass is 9.97. The first-order chi connectivity index (χ1) is 8.79. The van der Waals surface area contributed by atoms with Gasteiger partial charge in [-0.25, -0.2) is 4.98 Å². The Kier molecular flexibility index (Phi) is 5.24. The van der Waals surface area contributed by atoms with E-state index in [9.17, 15) is 0 Å². The smallest absolute Gasteiger partial charge is 0.110 e. The number of nitrogens with two attached hydrogens (primary N) is 1. The van der Waals surface area contributed by atoms with E-state index in [2.05, 4.69) is 22.7 Å². The highest BCUT2D eigenvalue weighted by Crippen LogP contribution is 2.28. The second kappa shape index (κ2) is 6.93. The third-order valence-corrected chi connectivity index (χ3v) is 4.13. The van der Waals surface area contributed by atoms with Crippen molar-refractivity contribution in [1.82, 2.24) is 9.55 Å². The molecule has 0 radical (unpaired) electrons. The summed E-state index contributed by atoms with van der Waals surface area (Å²) in [6.07, 6.45) is 14.2. The number of aryl methyl sites for hydroxylation is 1. The summed E-state index contributed by atoms with van der Waals surface area (Å²) < 4.78 is 2.25. The minimum Gasteiger partial charge on any atom is -0.335 e. The van der Waals surface area contributed by atoms with Crippen LogP contribution in [0.15, 0.2) is 12.4 Å². The fourth-order valence-corrected chi connectivity index (χ4v) is 3.06. The van der Waals surface area contributed by atoms with Gasteiger partial charge in [0, 0.05) is 31.4 Å². The van der Waals surface area contributed by atoms with Crippen molar-refractivity contribution >= 4 is 0 Å². The van der Waals surface area contributed by atoms with E-state index >= 15 is 0 Å². The summed E-state index contributed by atoms with van der Waals surface area (Å²) in [6, 6.07) is 0.281. The van der Waals surface area contributed by atoms with Crippen molar-refractivity contribution in [3.63, 3.8) is 0 Å². The Morgan fingerprint density at radius 2 is 2.22 bits per heavy atom. The predicted octanol–water partition coefficient (Wildman–Crippen LogP) is 3.13. The van der Waals surface area contributed by atoms with Crippen LogP contribution in [0.5, 0.6) is 0 Å². The fourth-order valence-electron chi connectivity index (χ4n) is 3.06. The quantitative estimate of drug-likeness (QED) is 0.807. The van der Waals surface area contributed by atoms with Gasteiger partial charge in [-0.2, -0.15) is 0 Å². The van der Waals surface area contributed by atoms with Gasteiger partial charge < -0.3 is 10.3 Å². The molecule has 1 atom stereocenters. The molecule has 0 bridgehead atoms. The minimum absolute atomic E-state index is 0.281. The molecule has 1 unspecified atom stereocenters. The van der Waals surface area contributed by atoms with E-state index in [0.29, 0.717) is 0 Å². The second-order valence-electron chi connectivity index (χ2n) is 5.73. The first kappa shape index (κ1) is 13.6. The number of aromatic nitrogens is 2. The Morgan fingerprint density at radius 3 is 2.94 bits per heavy atom. The Hall–Kier alpha value is -0.830. The van der Waals surface area contributed by atoms with E-state index in [1.165, 1.54) is 32.1 Å². The first-order valence-electron chi connectivity index (χ1n) is 7.55. The SMILES string of the molecule is CCCn1ccnc1CC(N)CCC1CCCC1. The molecule has 1 aliphatic carbocycles. The fraction of sp³-hybridized carbons (Fsp3) is 0.800. The van der Waals surface area contributed by atoms with Gasteiger partial charge in [-0.15, -0.1) is 0 Å². The van der Waals surface area contributed by atoms with E-state index < -0.39 is 0 Å². The molecule has 2 rings (SSSR count). The zero-order valence-electron chi connectivity index (χ0n) is 11.6. The van der Waals surface area contributed by atoms with Gasteiger partial charge in [0.1, 0.15) is 5.82 Å². The number of rotatable bonds is 7. The summed E-state index contributed by atoms with van der Waals surface area (Å²) in [5, 5.41) is 0. The molecule has 1 heterocycles. The Labute approximate surface area is 111 Å². The van der Waals surface area contributed by atoms with Crippen molar-refractivity contribution in [3.05, 3.63) is 18.2 Å². The van der Waals surface area contributed by atoms with Crippen LogP contribution in [0, 0.1) is 5.92 Å². The highest BCUT2D eigenvalue weighted by molar-refractivity contribution is 4.95. The molecule has 2 N–H and O–H groups in total. The van der Waals surface area contributed by atoms with Gasteiger partial charge in [0.25, 0.3) is 0 Å². The van der Waals surface area contributed by atoms with Crippen LogP contribution in [0.25, 0.3) is 0 Å². The molecule has 1 saturated carbocycles. The molecule has 0 amide bonds. The lowest BCUT2D eigenvalue weighted by Gasteiger charge is -2.15. The Balaban J connectivity index is 1.75.